The van der Waals surface area contributed by atoms with Gasteiger partial charge in [0.1, 0.15) is 5.75 Å². The summed E-state index contributed by atoms with van der Waals surface area (Å²) in [5, 5.41) is 7.74. The average molecular weight is 287 g/mol. The van der Waals surface area contributed by atoms with E-state index in [0.717, 1.165) is 30.8 Å². The van der Waals surface area contributed by atoms with E-state index in [0.29, 0.717) is 5.92 Å². The van der Waals surface area contributed by atoms with Gasteiger partial charge in [-0.25, -0.2) is 0 Å². The largest absolute Gasteiger partial charge is 0.497 e. The molecule has 0 saturated heterocycles. The maximum absolute atomic E-state index is 5.31. The Labute approximate surface area is 127 Å². The summed E-state index contributed by atoms with van der Waals surface area (Å²) in [6.07, 6.45) is 2.05. The average Bonchev–Trinajstić information content (AvgIpc) is 2.77. The Bertz CT molecular complexity index is 577. The number of benzene rings is 1. The molecule has 0 bridgehead atoms. The van der Waals surface area contributed by atoms with E-state index in [4.69, 9.17) is 4.74 Å². The zero-order chi connectivity index (χ0) is 15.2. The smallest absolute Gasteiger partial charge is 0.119 e. The van der Waals surface area contributed by atoms with E-state index in [1.165, 1.54) is 11.3 Å². The molecule has 0 amide bonds. The molecule has 0 aliphatic rings. The zero-order valence-electron chi connectivity index (χ0n) is 13.4. The summed E-state index contributed by atoms with van der Waals surface area (Å²) >= 11 is 0. The second-order valence-corrected chi connectivity index (χ2v) is 5.58. The van der Waals surface area contributed by atoms with Gasteiger partial charge in [-0.15, -0.1) is 0 Å². The first-order valence-electron chi connectivity index (χ1n) is 7.39. The van der Waals surface area contributed by atoms with E-state index in [2.05, 4.69) is 34.7 Å². The van der Waals surface area contributed by atoms with Crippen molar-refractivity contribution in [2.24, 2.45) is 13.0 Å². The molecular weight excluding hydrogens is 262 g/mol. The van der Waals surface area contributed by atoms with Crippen molar-refractivity contribution >= 4 is 0 Å². The van der Waals surface area contributed by atoms with Crippen molar-refractivity contribution in [3.8, 4) is 5.75 Å². The molecule has 21 heavy (non-hydrogen) atoms. The number of nitrogens with one attached hydrogen (secondary N) is 1. The number of hydrogen-bond acceptors (Lipinski definition) is 3. The van der Waals surface area contributed by atoms with Crippen LogP contribution >= 0.6 is 0 Å². The van der Waals surface area contributed by atoms with Crippen molar-refractivity contribution in [3.63, 3.8) is 0 Å². The minimum atomic E-state index is 0.539. The van der Waals surface area contributed by atoms with E-state index in [9.17, 15) is 0 Å². The van der Waals surface area contributed by atoms with Crippen LogP contribution in [0, 0.1) is 12.8 Å². The minimum Gasteiger partial charge on any atom is -0.497 e. The molecular formula is C17H25N3O. The third-order valence-electron chi connectivity index (χ3n) is 3.75. The molecule has 2 rings (SSSR count). The molecule has 1 aromatic heterocycles. The Balaban J connectivity index is 2.09. The van der Waals surface area contributed by atoms with Gasteiger partial charge in [0.05, 0.1) is 12.8 Å². The van der Waals surface area contributed by atoms with Gasteiger partial charge in [-0.2, -0.15) is 5.10 Å². The Morgan fingerprint density at radius 2 is 2.10 bits per heavy atom. The Kier molecular flexibility index (Phi) is 5.39. The van der Waals surface area contributed by atoms with Gasteiger partial charge in [0.25, 0.3) is 0 Å². The fourth-order valence-corrected chi connectivity index (χ4v) is 2.79. The van der Waals surface area contributed by atoms with Gasteiger partial charge < -0.3 is 10.1 Å². The molecule has 0 aliphatic heterocycles. The van der Waals surface area contributed by atoms with Crippen molar-refractivity contribution in [1.82, 2.24) is 15.1 Å². The third-order valence-corrected chi connectivity index (χ3v) is 3.75. The summed E-state index contributed by atoms with van der Waals surface area (Å²) < 4.78 is 7.30. The quantitative estimate of drug-likeness (QED) is 0.849. The fourth-order valence-electron chi connectivity index (χ4n) is 2.79. The van der Waals surface area contributed by atoms with Gasteiger partial charge in [-0.1, -0.05) is 12.1 Å². The molecule has 0 aliphatic carbocycles. The molecule has 0 saturated carbocycles. The third kappa shape index (κ3) is 4.33. The molecule has 1 N–H and O–H groups in total. The summed E-state index contributed by atoms with van der Waals surface area (Å²) in [6, 6.07) is 10.5. The van der Waals surface area contributed by atoms with Crippen LogP contribution in [0.2, 0.25) is 0 Å². The first-order valence-corrected chi connectivity index (χ1v) is 7.39. The van der Waals surface area contributed by atoms with Crippen LogP contribution in [0.1, 0.15) is 17.0 Å². The molecule has 2 aromatic rings. The number of nitrogens with zero attached hydrogens (tertiary/aromatic N) is 2. The monoisotopic (exact) mass is 287 g/mol. The predicted molar refractivity (Wildman–Crippen MR) is 85.8 cm³/mol. The highest BCUT2D eigenvalue weighted by atomic mass is 16.5. The normalized spacial score (nSPS) is 12.4. The van der Waals surface area contributed by atoms with Crippen LogP contribution in [0.3, 0.4) is 0 Å². The lowest BCUT2D eigenvalue weighted by molar-refractivity contribution is 0.413. The van der Waals surface area contributed by atoms with Crippen LogP contribution in [0.15, 0.2) is 30.3 Å². The molecule has 1 aromatic carbocycles. The first kappa shape index (κ1) is 15.6. The second kappa shape index (κ2) is 7.27. The molecule has 4 nitrogen and oxygen atoms in total. The number of hydrogen-bond donors (Lipinski definition) is 1. The predicted octanol–water partition coefficient (Wildman–Crippen LogP) is 2.36. The molecule has 1 atom stereocenters. The summed E-state index contributed by atoms with van der Waals surface area (Å²) in [4.78, 5) is 0. The number of aromatic nitrogens is 2. The van der Waals surface area contributed by atoms with Crippen molar-refractivity contribution in [2.45, 2.75) is 19.8 Å². The van der Waals surface area contributed by atoms with Gasteiger partial charge in [-0.3, -0.25) is 4.68 Å². The zero-order valence-corrected chi connectivity index (χ0v) is 13.4. The number of methoxy groups -OCH3 is 1. The fraction of sp³-hybridized carbons (Fsp3) is 0.471. The van der Waals surface area contributed by atoms with E-state index in [1.54, 1.807) is 7.11 Å². The number of rotatable bonds is 7. The van der Waals surface area contributed by atoms with Gasteiger partial charge in [-0.05, 0) is 63.0 Å². The maximum Gasteiger partial charge on any atom is 0.119 e. The van der Waals surface area contributed by atoms with E-state index in [-0.39, 0.29) is 0 Å². The molecule has 4 heteroatoms. The van der Waals surface area contributed by atoms with Crippen LogP contribution in [0.4, 0.5) is 0 Å². The highest BCUT2D eigenvalue weighted by molar-refractivity contribution is 5.29. The van der Waals surface area contributed by atoms with Gasteiger partial charge >= 0.3 is 0 Å². The lowest BCUT2D eigenvalue weighted by atomic mass is 9.94. The lowest BCUT2D eigenvalue weighted by Crippen LogP contribution is -2.23. The molecule has 1 heterocycles. The van der Waals surface area contributed by atoms with Crippen molar-refractivity contribution < 1.29 is 4.74 Å². The van der Waals surface area contributed by atoms with Crippen LogP contribution in [-0.2, 0) is 19.9 Å². The summed E-state index contributed by atoms with van der Waals surface area (Å²) in [5.74, 6) is 1.46. The Morgan fingerprint density at radius 3 is 2.71 bits per heavy atom. The number of aryl methyl sites for hydroxylation is 2. The van der Waals surface area contributed by atoms with Crippen molar-refractivity contribution in [3.05, 3.63) is 47.3 Å². The van der Waals surface area contributed by atoms with Crippen LogP contribution < -0.4 is 10.1 Å². The lowest BCUT2D eigenvalue weighted by Gasteiger charge is -2.17. The van der Waals surface area contributed by atoms with Crippen molar-refractivity contribution in [1.29, 1.82) is 0 Å². The second-order valence-electron chi connectivity index (χ2n) is 5.58. The van der Waals surface area contributed by atoms with Crippen LogP contribution in [0.25, 0.3) is 0 Å². The van der Waals surface area contributed by atoms with Gasteiger partial charge in [0, 0.05) is 12.7 Å². The van der Waals surface area contributed by atoms with Crippen LogP contribution in [-0.4, -0.2) is 30.5 Å². The van der Waals surface area contributed by atoms with E-state index in [1.807, 2.05) is 31.8 Å². The topological polar surface area (TPSA) is 39.1 Å². The first-order chi connectivity index (χ1) is 10.1. The molecule has 0 spiro atoms. The highest BCUT2D eigenvalue weighted by Gasteiger charge is 2.13. The van der Waals surface area contributed by atoms with Gasteiger partial charge in [0.2, 0.25) is 0 Å². The summed E-state index contributed by atoms with van der Waals surface area (Å²) in [6.45, 7) is 3.03. The Hall–Kier alpha value is -1.81. The molecule has 0 fully saturated rings. The van der Waals surface area contributed by atoms with E-state index >= 15 is 0 Å². The maximum atomic E-state index is 5.31. The SMILES string of the molecule is CNCC(Cc1cccc(OC)c1)Cc1cc(C)nn1C. The van der Waals surface area contributed by atoms with Crippen LogP contribution in [0.5, 0.6) is 5.75 Å². The minimum absolute atomic E-state index is 0.539. The van der Waals surface area contributed by atoms with Crippen molar-refractivity contribution in [2.75, 3.05) is 20.7 Å². The van der Waals surface area contributed by atoms with E-state index < -0.39 is 0 Å². The number of ether oxygens (including phenoxy) is 1. The standard InChI is InChI=1S/C17H25N3O/c1-13-8-16(20(3)19-13)10-15(12-18-2)9-14-6-5-7-17(11-14)21-4/h5-8,11,15,18H,9-10,12H2,1-4H3. The molecule has 114 valence electrons. The molecule has 0 radical (unpaired) electrons. The summed E-state index contributed by atoms with van der Waals surface area (Å²) in [5.41, 5.74) is 3.68. The molecule has 1 unspecified atom stereocenters. The van der Waals surface area contributed by atoms with Gasteiger partial charge in [0.15, 0.2) is 0 Å². The summed E-state index contributed by atoms with van der Waals surface area (Å²) in [7, 11) is 5.74. The highest BCUT2D eigenvalue weighted by Crippen LogP contribution is 2.18. The Morgan fingerprint density at radius 1 is 1.29 bits per heavy atom.